The molecule has 0 amide bonds. The van der Waals surface area contributed by atoms with Gasteiger partial charge in [0.05, 0.1) is 5.69 Å². The SMILES string of the molecule is C/C=C(\C)c1cc(C2CC2)ccn1. The number of hydrogen-bond acceptors (Lipinski definition) is 1. The summed E-state index contributed by atoms with van der Waals surface area (Å²) in [5.41, 5.74) is 3.86. The fraction of sp³-hybridized carbons (Fsp3) is 0.417. The maximum atomic E-state index is 4.35. The van der Waals surface area contributed by atoms with Crippen molar-refractivity contribution in [2.24, 2.45) is 0 Å². The van der Waals surface area contributed by atoms with Crippen LogP contribution in [0.25, 0.3) is 5.57 Å². The highest BCUT2D eigenvalue weighted by molar-refractivity contribution is 5.60. The molecular weight excluding hydrogens is 158 g/mol. The summed E-state index contributed by atoms with van der Waals surface area (Å²) in [5.74, 6) is 0.825. The van der Waals surface area contributed by atoms with Crippen molar-refractivity contribution in [1.29, 1.82) is 0 Å². The Bertz CT molecular complexity index is 335. The lowest BCUT2D eigenvalue weighted by Crippen LogP contribution is -1.88. The quantitative estimate of drug-likeness (QED) is 0.668. The van der Waals surface area contributed by atoms with Gasteiger partial charge in [-0.1, -0.05) is 6.08 Å². The van der Waals surface area contributed by atoms with E-state index in [0.29, 0.717) is 0 Å². The molecule has 1 aliphatic carbocycles. The van der Waals surface area contributed by atoms with Crippen molar-refractivity contribution >= 4 is 5.57 Å². The zero-order valence-corrected chi connectivity index (χ0v) is 8.25. The molecule has 2 rings (SSSR count). The molecule has 13 heavy (non-hydrogen) atoms. The van der Waals surface area contributed by atoms with E-state index < -0.39 is 0 Å². The number of pyridine rings is 1. The van der Waals surface area contributed by atoms with E-state index in [1.54, 1.807) is 0 Å². The van der Waals surface area contributed by atoms with Gasteiger partial charge >= 0.3 is 0 Å². The van der Waals surface area contributed by atoms with E-state index in [4.69, 9.17) is 0 Å². The number of hydrogen-bond donors (Lipinski definition) is 0. The van der Waals surface area contributed by atoms with Gasteiger partial charge in [0.2, 0.25) is 0 Å². The topological polar surface area (TPSA) is 12.9 Å². The van der Waals surface area contributed by atoms with Crippen LogP contribution in [0.15, 0.2) is 24.4 Å². The van der Waals surface area contributed by atoms with Crippen LogP contribution in [0.2, 0.25) is 0 Å². The summed E-state index contributed by atoms with van der Waals surface area (Å²) in [4.78, 5) is 4.35. The summed E-state index contributed by atoms with van der Waals surface area (Å²) >= 11 is 0. The van der Waals surface area contributed by atoms with Gasteiger partial charge in [0.1, 0.15) is 0 Å². The highest BCUT2D eigenvalue weighted by atomic mass is 14.7. The summed E-state index contributed by atoms with van der Waals surface area (Å²) in [6.07, 6.45) is 6.76. The average molecular weight is 173 g/mol. The standard InChI is InChI=1S/C12H15N/c1-3-9(2)12-8-11(6-7-13-12)10-4-5-10/h3,6-8,10H,4-5H2,1-2H3/b9-3+. The van der Waals surface area contributed by atoms with E-state index in [0.717, 1.165) is 11.6 Å². The molecule has 0 aliphatic heterocycles. The third-order valence-electron chi connectivity index (χ3n) is 2.67. The second kappa shape index (κ2) is 3.33. The highest BCUT2D eigenvalue weighted by Gasteiger charge is 2.23. The van der Waals surface area contributed by atoms with E-state index in [9.17, 15) is 0 Å². The van der Waals surface area contributed by atoms with Crippen molar-refractivity contribution in [2.75, 3.05) is 0 Å². The van der Waals surface area contributed by atoms with Gasteiger partial charge in [0, 0.05) is 6.20 Å². The lowest BCUT2D eigenvalue weighted by Gasteiger charge is -2.02. The number of aromatic nitrogens is 1. The first-order chi connectivity index (χ1) is 6.31. The molecule has 0 spiro atoms. The van der Waals surface area contributed by atoms with Crippen LogP contribution in [0.4, 0.5) is 0 Å². The van der Waals surface area contributed by atoms with E-state index in [-0.39, 0.29) is 0 Å². The van der Waals surface area contributed by atoms with E-state index >= 15 is 0 Å². The molecule has 0 atom stereocenters. The molecule has 0 N–H and O–H groups in total. The minimum Gasteiger partial charge on any atom is -0.257 e. The molecule has 68 valence electrons. The molecule has 1 nitrogen and oxygen atoms in total. The van der Waals surface area contributed by atoms with Gasteiger partial charge in [-0.3, -0.25) is 4.98 Å². The molecule has 1 aromatic heterocycles. The first-order valence-electron chi connectivity index (χ1n) is 4.90. The Kier molecular flexibility index (Phi) is 2.17. The lowest BCUT2D eigenvalue weighted by molar-refractivity contribution is 1.10. The van der Waals surface area contributed by atoms with E-state index in [2.05, 4.69) is 37.0 Å². The molecule has 1 saturated carbocycles. The van der Waals surface area contributed by atoms with Crippen molar-refractivity contribution in [3.05, 3.63) is 35.7 Å². The van der Waals surface area contributed by atoms with Crippen LogP contribution in [0, 0.1) is 0 Å². The van der Waals surface area contributed by atoms with Crippen LogP contribution in [0.5, 0.6) is 0 Å². The molecule has 0 unspecified atom stereocenters. The largest absolute Gasteiger partial charge is 0.257 e. The monoisotopic (exact) mass is 173 g/mol. The number of allylic oxidation sites excluding steroid dienone is 2. The molecular formula is C12H15N. The Hall–Kier alpha value is -1.11. The maximum Gasteiger partial charge on any atom is 0.0658 e. The normalized spacial score (nSPS) is 17.5. The van der Waals surface area contributed by atoms with E-state index in [1.807, 2.05) is 6.20 Å². The molecule has 0 radical (unpaired) electrons. The van der Waals surface area contributed by atoms with Crippen molar-refractivity contribution in [2.45, 2.75) is 32.6 Å². The summed E-state index contributed by atoms with van der Waals surface area (Å²) in [6.45, 7) is 4.17. The van der Waals surface area contributed by atoms with Crippen LogP contribution >= 0.6 is 0 Å². The van der Waals surface area contributed by atoms with Crippen molar-refractivity contribution in [3.63, 3.8) is 0 Å². The highest BCUT2D eigenvalue weighted by Crippen LogP contribution is 2.40. The van der Waals surface area contributed by atoms with Crippen molar-refractivity contribution in [3.8, 4) is 0 Å². The van der Waals surface area contributed by atoms with Gasteiger partial charge in [-0.05, 0) is 55.9 Å². The van der Waals surface area contributed by atoms with Crippen molar-refractivity contribution in [1.82, 2.24) is 4.98 Å². The first-order valence-corrected chi connectivity index (χ1v) is 4.90. The maximum absolute atomic E-state index is 4.35. The molecule has 1 heterocycles. The number of rotatable bonds is 2. The minimum atomic E-state index is 0.825. The molecule has 0 aromatic carbocycles. The smallest absolute Gasteiger partial charge is 0.0658 e. The summed E-state index contributed by atoms with van der Waals surface area (Å²) < 4.78 is 0. The molecule has 1 heteroatoms. The average Bonchev–Trinajstić information content (AvgIpc) is 3.00. The Morgan fingerprint density at radius 3 is 2.92 bits per heavy atom. The lowest BCUT2D eigenvalue weighted by atomic mass is 10.1. The zero-order chi connectivity index (χ0) is 9.26. The summed E-state index contributed by atoms with van der Waals surface area (Å²) in [7, 11) is 0. The molecule has 1 aromatic rings. The Balaban J connectivity index is 2.31. The summed E-state index contributed by atoms with van der Waals surface area (Å²) in [5, 5.41) is 0. The Morgan fingerprint density at radius 2 is 2.31 bits per heavy atom. The predicted octanol–water partition coefficient (Wildman–Crippen LogP) is 3.38. The summed E-state index contributed by atoms with van der Waals surface area (Å²) in [6, 6.07) is 4.37. The third-order valence-corrected chi connectivity index (χ3v) is 2.67. The Labute approximate surface area is 79.5 Å². The zero-order valence-electron chi connectivity index (χ0n) is 8.25. The van der Waals surface area contributed by atoms with Crippen LogP contribution < -0.4 is 0 Å². The predicted molar refractivity (Wildman–Crippen MR) is 55.5 cm³/mol. The van der Waals surface area contributed by atoms with Gasteiger partial charge in [0.15, 0.2) is 0 Å². The van der Waals surface area contributed by atoms with Crippen LogP contribution in [0.1, 0.15) is 43.9 Å². The fourth-order valence-electron chi connectivity index (χ4n) is 1.48. The molecule has 0 saturated heterocycles. The van der Waals surface area contributed by atoms with Gasteiger partial charge in [-0.25, -0.2) is 0 Å². The van der Waals surface area contributed by atoms with Crippen LogP contribution in [0.3, 0.4) is 0 Å². The second-order valence-corrected chi connectivity index (χ2v) is 3.72. The van der Waals surface area contributed by atoms with Gasteiger partial charge in [0.25, 0.3) is 0 Å². The van der Waals surface area contributed by atoms with Gasteiger partial charge in [-0.2, -0.15) is 0 Å². The first kappa shape index (κ1) is 8.49. The molecule has 1 fully saturated rings. The molecule has 1 aliphatic rings. The Morgan fingerprint density at radius 1 is 1.54 bits per heavy atom. The molecule has 0 bridgehead atoms. The van der Waals surface area contributed by atoms with Gasteiger partial charge < -0.3 is 0 Å². The van der Waals surface area contributed by atoms with Crippen molar-refractivity contribution < 1.29 is 0 Å². The second-order valence-electron chi connectivity index (χ2n) is 3.72. The van der Waals surface area contributed by atoms with Gasteiger partial charge in [-0.15, -0.1) is 0 Å². The third kappa shape index (κ3) is 1.80. The van der Waals surface area contributed by atoms with E-state index in [1.165, 1.54) is 24.0 Å². The fourth-order valence-corrected chi connectivity index (χ4v) is 1.48. The minimum absolute atomic E-state index is 0.825. The van der Waals surface area contributed by atoms with Crippen LogP contribution in [-0.2, 0) is 0 Å². The van der Waals surface area contributed by atoms with Crippen LogP contribution in [-0.4, -0.2) is 4.98 Å². The number of nitrogens with zero attached hydrogens (tertiary/aromatic N) is 1.